The summed E-state index contributed by atoms with van der Waals surface area (Å²) in [7, 11) is -3.84. The average Bonchev–Trinajstić information content (AvgIpc) is 2.71. The molecule has 0 radical (unpaired) electrons. The van der Waals surface area contributed by atoms with Gasteiger partial charge in [-0.2, -0.15) is 0 Å². The van der Waals surface area contributed by atoms with Gasteiger partial charge in [0.1, 0.15) is 0 Å². The number of amides is 2. The Morgan fingerprint density at radius 3 is 2.30 bits per heavy atom. The molecule has 0 aromatic heterocycles. The van der Waals surface area contributed by atoms with Crippen LogP contribution in [0.2, 0.25) is 0 Å². The van der Waals surface area contributed by atoms with Gasteiger partial charge in [0.05, 0.1) is 10.9 Å². The Morgan fingerprint density at radius 1 is 1.00 bits per heavy atom. The van der Waals surface area contributed by atoms with Crippen molar-refractivity contribution < 1.29 is 18.0 Å². The molecule has 9 heteroatoms. The Labute approximate surface area is 177 Å². The molecule has 2 rings (SSSR count). The van der Waals surface area contributed by atoms with E-state index in [0.717, 1.165) is 12.1 Å². The number of benzene rings is 2. The van der Waals surface area contributed by atoms with E-state index in [9.17, 15) is 18.0 Å². The van der Waals surface area contributed by atoms with Crippen LogP contribution < -0.4 is 15.8 Å². The highest BCUT2D eigenvalue weighted by Crippen LogP contribution is 2.15. The SMILES string of the molecule is CCCN(CCC(=O)Nc1cccc(S(N)(=O)=O)c1)C(C)C(=O)Nc1ccccc1. The van der Waals surface area contributed by atoms with E-state index < -0.39 is 16.1 Å². The van der Waals surface area contributed by atoms with Crippen molar-refractivity contribution in [3.05, 3.63) is 54.6 Å². The number of sulfonamides is 1. The van der Waals surface area contributed by atoms with Gasteiger partial charge in [-0.25, -0.2) is 13.6 Å². The molecule has 2 aromatic carbocycles. The number of primary sulfonamides is 1. The molecule has 2 amide bonds. The first-order chi connectivity index (χ1) is 14.2. The van der Waals surface area contributed by atoms with E-state index in [-0.39, 0.29) is 23.1 Å². The molecule has 1 unspecified atom stereocenters. The molecule has 4 N–H and O–H groups in total. The predicted octanol–water partition coefficient (Wildman–Crippen LogP) is 2.40. The summed E-state index contributed by atoms with van der Waals surface area (Å²) in [4.78, 5) is 26.8. The van der Waals surface area contributed by atoms with Crippen LogP contribution in [-0.2, 0) is 19.6 Å². The Hall–Kier alpha value is -2.75. The number of para-hydroxylation sites is 1. The van der Waals surface area contributed by atoms with E-state index in [2.05, 4.69) is 10.6 Å². The highest BCUT2D eigenvalue weighted by atomic mass is 32.2. The second kappa shape index (κ2) is 10.9. The Bertz CT molecular complexity index is 964. The van der Waals surface area contributed by atoms with Crippen LogP contribution in [0.3, 0.4) is 0 Å². The van der Waals surface area contributed by atoms with Gasteiger partial charge in [0.15, 0.2) is 0 Å². The molecule has 0 aliphatic heterocycles. The number of hydrogen-bond donors (Lipinski definition) is 3. The molecule has 0 aliphatic carbocycles. The summed E-state index contributed by atoms with van der Waals surface area (Å²) in [5.74, 6) is -0.422. The molecule has 162 valence electrons. The number of hydrogen-bond acceptors (Lipinski definition) is 5. The van der Waals surface area contributed by atoms with Gasteiger partial charge < -0.3 is 10.6 Å². The molecule has 0 saturated heterocycles. The molecule has 8 nitrogen and oxygen atoms in total. The van der Waals surface area contributed by atoms with Crippen LogP contribution in [0, 0.1) is 0 Å². The molecule has 0 aliphatic rings. The molecule has 1 atom stereocenters. The van der Waals surface area contributed by atoms with E-state index in [0.29, 0.717) is 18.8 Å². The Balaban J connectivity index is 1.94. The summed E-state index contributed by atoms with van der Waals surface area (Å²) in [6.45, 7) is 4.87. The smallest absolute Gasteiger partial charge is 0.241 e. The number of nitrogens with zero attached hydrogens (tertiary/aromatic N) is 1. The third kappa shape index (κ3) is 7.25. The minimum absolute atomic E-state index is 0.0703. The summed E-state index contributed by atoms with van der Waals surface area (Å²) >= 11 is 0. The highest BCUT2D eigenvalue weighted by molar-refractivity contribution is 7.89. The summed E-state index contributed by atoms with van der Waals surface area (Å²) in [6, 6.07) is 14.6. The summed E-state index contributed by atoms with van der Waals surface area (Å²) in [6.07, 6.45) is 0.990. The zero-order valence-corrected chi connectivity index (χ0v) is 18.0. The van der Waals surface area contributed by atoms with Crippen LogP contribution in [0.5, 0.6) is 0 Å². The third-order valence-electron chi connectivity index (χ3n) is 4.55. The van der Waals surface area contributed by atoms with Crippen molar-refractivity contribution in [2.45, 2.75) is 37.6 Å². The van der Waals surface area contributed by atoms with E-state index in [1.165, 1.54) is 18.2 Å². The van der Waals surface area contributed by atoms with Crippen LogP contribution in [-0.4, -0.2) is 44.3 Å². The zero-order chi connectivity index (χ0) is 22.1. The van der Waals surface area contributed by atoms with Crippen LogP contribution in [0.1, 0.15) is 26.7 Å². The number of nitrogens with one attached hydrogen (secondary N) is 2. The maximum Gasteiger partial charge on any atom is 0.241 e. The quantitative estimate of drug-likeness (QED) is 0.532. The van der Waals surface area contributed by atoms with Crippen molar-refractivity contribution in [1.29, 1.82) is 0 Å². The van der Waals surface area contributed by atoms with Gasteiger partial charge in [-0.05, 0) is 50.2 Å². The maximum atomic E-state index is 12.6. The lowest BCUT2D eigenvalue weighted by molar-refractivity contribution is -0.122. The maximum absolute atomic E-state index is 12.6. The van der Waals surface area contributed by atoms with Crippen molar-refractivity contribution in [1.82, 2.24) is 4.90 Å². The van der Waals surface area contributed by atoms with Crippen LogP contribution in [0.15, 0.2) is 59.5 Å². The first-order valence-electron chi connectivity index (χ1n) is 9.73. The molecule has 0 spiro atoms. The second-order valence-electron chi connectivity index (χ2n) is 6.94. The minimum Gasteiger partial charge on any atom is -0.326 e. The van der Waals surface area contributed by atoms with Gasteiger partial charge in [-0.1, -0.05) is 31.2 Å². The molecule has 30 heavy (non-hydrogen) atoms. The number of carbonyl (C=O) groups excluding carboxylic acids is 2. The van der Waals surface area contributed by atoms with Crippen LogP contribution in [0.25, 0.3) is 0 Å². The Morgan fingerprint density at radius 2 is 1.67 bits per heavy atom. The van der Waals surface area contributed by atoms with Crippen molar-refractivity contribution in [2.24, 2.45) is 5.14 Å². The number of anilines is 2. The normalized spacial score (nSPS) is 12.4. The van der Waals surface area contributed by atoms with E-state index in [4.69, 9.17) is 5.14 Å². The van der Waals surface area contributed by atoms with Crippen LogP contribution >= 0.6 is 0 Å². The van der Waals surface area contributed by atoms with Gasteiger partial charge in [-0.15, -0.1) is 0 Å². The van der Waals surface area contributed by atoms with Crippen molar-refractivity contribution >= 4 is 33.2 Å². The van der Waals surface area contributed by atoms with Gasteiger partial charge in [0.2, 0.25) is 21.8 Å². The number of carbonyl (C=O) groups is 2. The summed E-state index contributed by atoms with van der Waals surface area (Å²) in [5.41, 5.74) is 1.07. The third-order valence-corrected chi connectivity index (χ3v) is 5.46. The predicted molar refractivity (Wildman–Crippen MR) is 117 cm³/mol. The van der Waals surface area contributed by atoms with Crippen molar-refractivity contribution in [2.75, 3.05) is 23.7 Å². The lowest BCUT2D eigenvalue weighted by atomic mass is 10.2. The molecular weight excluding hydrogens is 404 g/mol. The van der Waals surface area contributed by atoms with Crippen molar-refractivity contribution in [3.63, 3.8) is 0 Å². The first-order valence-corrected chi connectivity index (χ1v) is 11.3. The standard InChI is InChI=1S/C21H28N4O4S/c1-3-13-25(16(2)21(27)24-17-8-5-4-6-9-17)14-12-20(26)23-18-10-7-11-19(15-18)30(22,28)29/h4-11,15-16H,3,12-14H2,1-2H3,(H,23,26)(H,24,27)(H2,22,28,29). The molecule has 0 bridgehead atoms. The number of nitrogens with two attached hydrogens (primary N) is 1. The fraction of sp³-hybridized carbons (Fsp3) is 0.333. The molecule has 0 fully saturated rings. The molecule has 2 aromatic rings. The Kier molecular flexibility index (Phi) is 8.52. The second-order valence-corrected chi connectivity index (χ2v) is 8.50. The fourth-order valence-corrected chi connectivity index (χ4v) is 3.50. The highest BCUT2D eigenvalue weighted by Gasteiger charge is 2.21. The van der Waals surface area contributed by atoms with E-state index in [1.807, 2.05) is 42.2 Å². The lowest BCUT2D eigenvalue weighted by Crippen LogP contribution is -2.43. The molecule has 0 heterocycles. The van der Waals surface area contributed by atoms with Crippen molar-refractivity contribution in [3.8, 4) is 0 Å². The summed E-state index contributed by atoms with van der Waals surface area (Å²) < 4.78 is 22.9. The first kappa shape index (κ1) is 23.5. The lowest BCUT2D eigenvalue weighted by Gasteiger charge is -2.27. The fourth-order valence-electron chi connectivity index (χ4n) is 2.94. The van der Waals surface area contributed by atoms with Gasteiger partial charge >= 0.3 is 0 Å². The number of rotatable bonds is 10. The van der Waals surface area contributed by atoms with Crippen LogP contribution in [0.4, 0.5) is 11.4 Å². The van der Waals surface area contributed by atoms with E-state index >= 15 is 0 Å². The summed E-state index contributed by atoms with van der Waals surface area (Å²) in [5, 5.41) is 10.7. The van der Waals surface area contributed by atoms with E-state index in [1.54, 1.807) is 13.0 Å². The molecule has 0 saturated carbocycles. The van der Waals surface area contributed by atoms with Gasteiger partial charge in [0, 0.05) is 24.3 Å². The zero-order valence-electron chi connectivity index (χ0n) is 17.2. The monoisotopic (exact) mass is 432 g/mol. The largest absolute Gasteiger partial charge is 0.326 e. The minimum atomic E-state index is -3.84. The topological polar surface area (TPSA) is 122 Å². The molecular formula is C21H28N4O4S. The average molecular weight is 433 g/mol. The van der Waals surface area contributed by atoms with Gasteiger partial charge in [-0.3, -0.25) is 14.5 Å². The van der Waals surface area contributed by atoms with Gasteiger partial charge in [0.25, 0.3) is 0 Å².